The molecule has 0 bridgehead atoms. The van der Waals surface area contributed by atoms with Crippen LogP contribution in [0, 0.1) is 5.92 Å². The Labute approximate surface area is 154 Å². The second-order valence-corrected chi connectivity index (χ2v) is 6.58. The first kappa shape index (κ1) is 21.5. The van der Waals surface area contributed by atoms with Gasteiger partial charge in [-0.05, 0) is 17.9 Å². The Morgan fingerprint density at radius 1 is 1.08 bits per heavy atom. The standard InChI is InChI=1S/C19H29N3O4/c1-4-5-11-15(18(24)25)21-17(23)16(13(2)3)22-19(26)20-12-14-9-7-6-8-10-14/h6-10,13,15-16H,4-5,11-12H2,1-3H3,(H,21,23)(H,24,25)(H2,20,22,26)/t15-,16?/m0/s1. The summed E-state index contributed by atoms with van der Waals surface area (Å²) >= 11 is 0. The highest BCUT2D eigenvalue weighted by atomic mass is 16.4. The number of hydrogen-bond acceptors (Lipinski definition) is 3. The third-order valence-corrected chi connectivity index (χ3v) is 3.99. The van der Waals surface area contributed by atoms with Crippen molar-refractivity contribution in [3.05, 3.63) is 35.9 Å². The van der Waals surface area contributed by atoms with E-state index < -0.39 is 30.0 Å². The van der Waals surface area contributed by atoms with E-state index in [1.54, 1.807) is 13.8 Å². The number of carbonyl (C=O) groups is 3. The molecule has 0 saturated carbocycles. The maximum atomic E-state index is 12.5. The summed E-state index contributed by atoms with van der Waals surface area (Å²) in [5.41, 5.74) is 0.943. The first-order valence-electron chi connectivity index (χ1n) is 8.96. The summed E-state index contributed by atoms with van der Waals surface area (Å²) in [5, 5.41) is 17.1. The number of carboxylic acid groups (broad SMARTS) is 1. The highest BCUT2D eigenvalue weighted by molar-refractivity contribution is 5.90. The normalized spacial score (nSPS) is 12.9. The second-order valence-electron chi connectivity index (χ2n) is 6.58. The Bertz CT molecular complexity index is 590. The van der Waals surface area contributed by atoms with E-state index in [1.165, 1.54) is 0 Å². The smallest absolute Gasteiger partial charge is 0.326 e. The predicted octanol–water partition coefficient (Wildman–Crippen LogP) is 2.27. The molecule has 0 fully saturated rings. The molecule has 3 amide bonds. The third-order valence-electron chi connectivity index (χ3n) is 3.99. The van der Waals surface area contributed by atoms with Crippen LogP contribution in [0.3, 0.4) is 0 Å². The van der Waals surface area contributed by atoms with Crippen LogP contribution in [0.15, 0.2) is 30.3 Å². The molecule has 0 aliphatic rings. The quantitative estimate of drug-likeness (QED) is 0.511. The molecule has 1 aromatic rings. The molecule has 144 valence electrons. The summed E-state index contributed by atoms with van der Waals surface area (Å²) in [6.07, 6.45) is 1.91. The highest BCUT2D eigenvalue weighted by Gasteiger charge is 2.28. The lowest BCUT2D eigenvalue weighted by Gasteiger charge is -2.24. The van der Waals surface area contributed by atoms with Crippen LogP contribution in [0.25, 0.3) is 0 Å². The molecular weight excluding hydrogens is 334 g/mol. The van der Waals surface area contributed by atoms with Crippen LogP contribution in [0.5, 0.6) is 0 Å². The zero-order valence-electron chi connectivity index (χ0n) is 15.6. The number of unbranched alkanes of at least 4 members (excludes halogenated alkanes) is 1. The molecule has 7 heteroatoms. The lowest BCUT2D eigenvalue weighted by molar-refractivity contribution is -0.142. The number of nitrogens with one attached hydrogen (secondary N) is 3. The largest absolute Gasteiger partial charge is 0.480 e. The number of rotatable bonds is 10. The van der Waals surface area contributed by atoms with Gasteiger partial charge in [0.05, 0.1) is 0 Å². The number of aliphatic carboxylic acids is 1. The van der Waals surface area contributed by atoms with Gasteiger partial charge in [0.15, 0.2) is 0 Å². The van der Waals surface area contributed by atoms with Crippen LogP contribution < -0.4 is 16.0 Å². The SMILES string of the molecule is CCCC[C@H](NC(=O)C(NC(=O)NCc1ccccc1)C(C)C)C(=O)O. The molecule has 0 aromatic heterocycles. The van der Waals surface area contributed by atoms with Gasteiger partial charge in [0.25, 0.3) is 0 Å². The summed E-state index contributed by atoms with van der Waals surface area (Å²) in [7, 11) is 0. The maximum Gasteiger partial charge on any atom is 0.326 e. The van der Waals surface area contributed by atoms with Crippen LogP contribution in [-0.4, -0.2) is 35.1 Å². The van der Waals surface area contributed by atoms with E-state index in [0.29, 0.717) is 19.4 Å². The van der Waals surface area contributed by atoms with Gasteiger partial charge in [-0.2, -0.15) is 0 Å². The number of hydrogen-bond donors (Lipinski definition) is 4. The number of amides is 3. The molecule has 7 nitrogen and oxygen atoms in total. The average Bonchev–Trinajstić information content (AvgIpc) is 2.61. The molecule has 1 aromatic carbocycles. The number of urea groups is 1. The molecule has 0 aliphatic heterocycles. The van der Waals surface area contributed by atoms with Crippen molar-refractivity contribution in [2.24, 2.45) is 5.92 Å². The average molecular weight is 363 g/mol. The van der Waals surface area contributed by atoms with Crippen molar-refractivity contribution >= 4 is 17.9 Å². The second kappa shape index (κ2) is 11.1. The molecular formula is C19H29N3O4. The van der Waals surface area contributed by atoms with Crippen LogP contribution in [0.4, 0.5) is 4.79 Å². The van der Waals surface area contributed by atoms with Crippen molar-refractivity contribution in [1.29, 1.82) is 0 Å². The van der Waals surface area contributed by atoms with Crippen molar-refractivity contribution in [2.75, 3.05) is 0 Å². The predicted molar refractivity (Wildman–Crippen MR) is 99.5 cm³/mol. The number of benzene rings is 1. The van der Waals surface area contributed by atoms with Gasteiger partial charge in [-0.1, -0.05) is 63.9 Å². The van der Waals surface area contributed by atoms with Crippen molar-refractivity contribution in [3.63, 3.8) is 0 Å². The van der Waals surface area contributed by atoms with Gasteiger partial charge in [-0.15, -0.1) is 0 Å². The van der Waals surface area contributed by atoms with E-state index in [1.807, 2.05) is 37.3 Å². The topological polar surface area (TPSA) is 108 Å². The van der Waals surface area contributed by atoms with Gasteiger partial charge in [-0.25, -0.2) is 9.59 Å². The van der Waals surface area contributed by atoms with E-state index in [2.05, 4.69) is 16.0 Å². The van der Waals surface area contributed by atoms with E-state index in [4.69, 9.17) is 0 Å². The van der Waals surface area contributed by atoms with E-state index in [9.17, 15) is 19.5 Å². The van der Waals surface area contributed by atoms with Gasteiger partial charge in [-0.3, -0.25) is 4.79 Å². The lowest BCUT2D eigenvalue weighted by atomic mass is 10.0. The van der Waals surface area contributed by atoms with Gasteiger partial charge < -0.3 is 21.1 Å². The lowest BCUT2D eigenvalue weighted by Crippen LogP contribution is -2.55. The summed E-state index contributed by atoms with van der Waals surface area (Å²) in [6.45, 7) is 5.89. The summed E-state index contributed by atoms with van der Waals surface area (Å²) in [5.74, 6) is -1.74. The van der Waals surface area contributed by atoms with Crippen LogP contribution in [0.1, 0.15) is 45.6 Å². The molecule has 0 aliphatic carbocycles. The minimum absolute atomic E-state index is 0.182. The molecule has 1 unspecified atom stereocenters. The van der Waals surface area contributed by atoms with Gasteiger partial charge >= 0.3 is 12.0 Å². The van der Waals surface area contributed by atoms with E-state index in [0.717, 1.165) is 12.0 Å². The fourth-order valence-corrected chi connectivity index (χ4v) is 2.43. The molecule has 0 spiro atoms. The number of carboxylic acids is 1. The minimum atomic E-state index is -1.07. The zero-order chi connectivity index (χ0) is 19.5. The minimum Gasteiger partial charge on any atom is -0.480 e. The van der Waals surface area contributed by atoms with Crippen LogP contribution in [0.2, 0.25) is 0 Å². The first-order chi connectivity index (χ1) is 12.3. The summed E-state index contributed by atoms with van der Waals surface area (Å²) in [6, 6.07) is 7.19. The molecule has 26 heavy (non-hydrogen) atoms. The maximum absolute atomic E-state index is 12.5. The first-order valence-corrected chi connectivity index (χ1v) is 8.96. The van der Waals surface area contributed by atoms with Crippen molar-refractivity contribution in [3.8, 4) is 0 Å². The fourth-order valence-electron chi connectivity index (χ4n) is 2.43. The Morgan fingerprint density at radius 3 is 2.27 bits per heavy atom. The van der Waals surface area contributed by atoms with Crippen molar-refractivity contribution < 1.29 is 19.5 Å². The van der Waals surface area contributed by atoms with Crippen molar-refractivity contribution in [1.82, 2.24) is 16.0 Å². The van der Waals surface area contributed by atoms with Gasteiger partial charge in [0, 0.05) is 6.54 Å². The Kier molecular flexibility index (Phi) is 9.19. The Balaban J connectivity index is 2.61. The van der Waals surface area contributed by atoms with Crippen molar-refractivity contribution in [2.45, 2.75) is 58.7 Å². The molecule has 0 radical (unpaired) electrons. The molecule has 0 heterocycles. The molecule has 0 saturated heterocycles. The fraction of sp³-hybridized carbons (Fsp3) is 0.526. The Morgan fingerprint density at radius 2 is 1.73 bits per heavy atom. The van der Waals surface area contributed by atoms with Gasteiger partial charge in [0.1, 0.15) is 12.1 Å². The Hall–Kier alpha value is -2.57. The van der Waals surface area contributed by atoms with Crippen LogP contribution >= 0.6 is 0 Å². The monoisotopic (exact) mass is 363 g/mol. The van der Waals surface area contributed by atoms with E-state index >= 15 is 0 Å². The summed E-state index contributed by atoms with van der Waals surface area (Å²) in [4.78, 5) is 35.9. The van der Waals surface area contributed by atoms with Crippen LogP contribution in [-0.2, 0) is 16.1 Å². The molecule has 1 rings (SSSR count). The van der Waals surface area contributed by atoms with E-state index in [-0.39, 0.29) is 5.92 Å². The zero-order valence-corrected chi connectivity index (χ0v) is 15.6. The summed E-state index contributed by atoms with van der Waals surface area (Å²) < 4.78 is 0. The number of carbonyl (C=O) groups excluding carboxylic acids is 2. The molecule has 2 atom stereocenters. The third kappa shape index (κ3) is 7.55. The highest BCUT2D eigenvalue weighted by Crippen LogP contribution is 2.06. The molecule has 4 N–H and O–H groups in total. The van der Waals surface area contributed by atoms with Gasteiger partial charge in [0.2, 0.25) is 5.91 Å².